The molecule has 0 radical (unpaired) electrons. The Hall–Kier alpha value is -2.31. The van der Waals surface area contributed by atoms with Gasteiger partial charge in [0, 0.05) is 39.1 Å². The van der Waals surface area contributed by atoms with Gasteiger partial charge in [-0.15, -0.1) is 0 Å². The monoisotopic (exact) mass is 305 g/mol. The second kappa shape index (κ2) is 5.47. The molecule has 1 aromatic rings. The lowest BCUT2D eigenvalue weighted by atomic mass is 9.87. The van der Waals surface area contributed by atoms with E-state index >= 15 is 0 Å². The molecular weight excluding hydrogens is 286 g/mol. The molecule has 7 heteroatoms. The maximum Gasteiger partial charge on any atom is 0.289 e. The van der Waals surface area contributed by atoms with Gasteiger partial charge in [0.25, 0.3) is 5.91 Å². The summed E-state index contributed by atoms with van der Waals surface area (Å²) in [7, 11) is 0. The number of rotatable bonds is 2. The zero-order valence-corrected chi connectivity index (χ0v) is 12.5. The Bertz CT molecular complexity index is 590. The van der Waals surface area contributed by atoms with Crippen LogP contribution in [0.15, 0.2) is 22.8 Å². The Labute approximate surface area is 128 Å². The molecule has 0 aliphatic carbocycles. The number of hydrogen-bond acceptors (Lipinski definition) is 4. The van der Waals surface area contributed by atoms with E-state index in [1.54, 1.807) is 21.9 Å². The summed E-state index contributed by atoms with van der Waals surface area (Å²) in [5, 5.41) is 2.71. The molecule has 1 aromatic heterocycles. The van der Waals surface area contributed by atoms with Crippen LogP contribution in [-0.2, 0) is 9.59 Å². The standard InChI is InChI=1S/C15H19N3O4/c1-15(9-12(19)16-10-15)14(21)18-6-4-17(5-7-18)13(20)11-3-2-8-22-11/h2-3,8H,4-7,9-10H2,1H3,(H,16,19). The summed E-state index contributed by atoms with van der Waals surface area (Å²) >= 11 is 0. The molecule has 0 spiro atoms. The number of hydrogen-bond donors (Lipinski definition) is 1. The Kier molecular flexibility index (Phi) is 3.64. The van der Waals surface area contributed by atoms with Crippen molar-refractivity contribution in [1.29, 1.82) is 0 Å². The minimum Gasteiger partial charge on any atom is -0.459 e. The van der Waals surface area contributed by atoms with Gasteiger partial charge in [-0.2, -0.15) is 0 Å². The van der Waals surface area contributed by atoms with E-state index in [9.17, 15) is 14.4 Å². The van der Waals surface area contributed by atoms with Crippen LogP contribution in [0.3, 0.4) is 0 Å². The maximum absolute atomic E-state index is 12.6. The molecule has 118 valence electrons. The van der Waals surface area contributed by atoms with Crippen LogP contribution < -0.4 is 5.32 Å². The topological polar surface area (TPSA) is 82.9 Å². The maximum atomic E-state index is 12.6. The first-order valence-electron chi connectivity index (χ1n) is 7.38. The first kappa shape index (κ1) is 14.6. The number of nitrogens with one attached hydrogen (secondary N) is 1. The molecule has 1 unspecified atom stereocenters. The van der Waals surface area contributed by atoms with E-state index in [0.717, 1.165) is 0 Å². The van der Waals surface area contributed by atoms with Crippen molar-refractivity contribution in [2.24, 2.45) is 5.41 Å². The van der Waals surface area contributed by atoms with Crippen LogP contribution in [0.1, 0.15) is 23.9 Å². The minimum absolute atomic E-state index is 0.0176. The van der Waals surface area contributed by atoms with Gasteiger partial charge < -0.3 is 19.5 Å². The highest BCUT2D eigenvalue weighted by Crippen LogP contribution is 2.28. The van der Waals surface area contributed by atoms with Crippen LogP contribution in [0.5, 0.6) is 0 Å². The Morgan fingerprint density at radius 2 is 1.91 bits per heavy atom. The summed E-state index contributed by atoms with van der Waals surface area (Å²) in [6.45, 7) is 4.11. The number of furan rings is 1. The van der Waals surface area contributed by atoms with Gasteiger partial charge >= 0.3 is 0 Å². The lowest BCUT2D eigenvalue weighted by Crippen LogP contribution is -2.54. The Morgan fingerprint density at radius 3 is 2.45 bits per heavy atom. The molecule has 7 nitrogen and oxygen atoms in total. The summed E-state index contributed by atoms with van der Waals surface area (Å²) < 4.78 is 5.11. The largest absolute Gasteiger partial charge is 0.459 e. The highest BCUT2D eigenvalue weighted by atomic mass is 16.3. The zero-order chi connectivity index (χ0) is 15.7. The number of nitrogens with zero attached hydrogens (tertiary/aromatic N) is 2. The van der Waals surface area contributed by atoms with Crippen molar-refractivity contribution >= 4 is 17.7 Å². The molecule has 0 saturated carbocycles. The van der Waals surface area contributed by atoms with Crippen molar-refractivity contribution in [2.75, 3.05) is 32.7 Å². The van der Waals surface area contributed by atoms with E-state index < -0.39 is 5.41 Å². The quantitative estimate of drug-likeness (QED) is 0.839. The van der Waals surface area contributed by atoms with Crippen LogP contribution in [0.4, 0.5) is 0 Å². The fourth-order valence-electron chi connectivity index (χ4n) is 2.97. The second-order valence-corrected chi connectivity index (χ2v) is 6.08. The molecule has 3 heterocycles. The first-order valence-corrected chi connectivity index (χ1v) is 7.38. The van der Waals surface area contributed by atoms with Crippen LogP contribution >= 0.6 is 0 Å². The lowest BCUT2D eigenvalue weighted by molar-refractivity contribution is -0.142. The molecule has 22 heavy (non-hydrogen) atoms. The average molecular weight is 305 g/mol. The fourth-order valence-corrected chi connectivity index (χ4v) is 2.97. The van der Waals surface area contributed by atoms with Gasteiger partial charge in [-0.05, 0) is 19.1 Å². The molecule has 1 N–H and O–H groups in total. The van der Waals surface area contributed by atoms with E-state index in [0.29, 0.717) is 38.5 Å². The number of carbonyl (C=O) groups is 3. The van der Waals surface area contributed by atoms with E-state index in [2.05, 4.69) is 5.32 Å². The summed E-state index contributed by atoms with van der Waals surface area (Å²) in [5.41, 5.74) is -0.662. The van der Waals surface area contributed by atoms with Crippen molar-refractivity contribution in [2.45, 2.75) is 13.3 Å². The zero-order valence-electron chi connectivity index (χ0n) is 12.5. The lowest BCUT2D eigenvalue weighted by Gasteiger charge is -2.37. The normalized spacial score (nSPS) is 25.2. The summed E-state index contributed by atoms with van der Waals surface area (Å²) in [6.07, 6.45) is 1.70. The van der Waals surface area contributed by atoms with Crippen LogP contribution in [0.25, 0.3) is 0 Å². The Balaban J connectivity index is 1.59. The van der Waals surface area contributed by atoms with Gasteiger partial charge in [-0.3, -0.25) is 14.4 Å². The van der Waals surface area contributed by atoms with Gasteiger partial charge in [-0.1, -0.05) is 0 Å². The highest BCUT2D eigenvalue weighted by molar-refractivity contribution is 5.93. The van der Waals surface area contributed by atoms with Crippen LogP contribution in [0, 0.1) is 5.41 Å². The highest BCUT2D eigenvalue weighted by Gasteiger charge is 2.43. The van der Waals surface area contributed by atoms with Gasteiger partial charge in [0.05, 0.1) is 11.7 Å². The number of carbonyl (C=O) groups excluding carboxylic acids is 3. The van der Waals surface area contributed by atoms with E-state index in [1.807, 2.05) is 6.92 Å². The minimum atomic E-state index is -0.662. The Morgan fingerprint density at radius 1 is 1.23 bits per heavy atom. The van der Waals surface area contributed by atoms with Crippen molar-refractivity contribution in [3.63, 3.8) is 0 Å². The van der Waals surface area contributed by atoms with Gasteiger partial charge in [-0.25, -0.2) is 0 Å². The number of piperazine rings is 1. The first-order chi connectivity index (χ1) is 10.5. The molecule has 2 aliphatic rings. The molecule has 3 amide bonds. The van der Waals surface area contributed by atoms with Crippen LogP contribution in [-0.4, -0.2) is 60.2 Å². The average Bonchev–Trinajstić information content (AvgIpc) is 3.17. The summed E-state index contributed by atoms with van der Waals surface area (Å²) in [4.78, 5) is 39.6. The fraction of sp³-hybridized carbons (Fsp3) is 0.533. The molecule has 3 rings (SSSR count). The molecule has 0 bridgehead atoms. The molecular formula is C15H19N3O4. The molecule has 1 atom stereocenters. The van der Waals surface area contributed by atoms with Crippen molar-refractivity contribution in [1.82, 2.24) is 15.1 Å². The third-order valence-corrected chi connectivity index (χ3v) is 4.33. The van der Waals surface area contributed by atoms with Crippen molar-refractivity contribution < 1.29 is 18.8 Å². The van der Waals surface area contributed by atoms with Gasteiger partial charge in [0.15, 0.2) is 5.76 Å². The SMILES string of the molecule is CC1(C(=O)N2CCN(C(=O)c3ccco3)CC2)CNC(=O)C1. The van der Waals surface area contributed by atoms with Gasteiger partial charge in [0.2, 0.25) is 11.8 Å². The van der Waals surface area contributed by atoms with Gasteiger partial charge in [0.1, 0.15) is 0 Å². The predicted molar refractivity (Wildman–Crippen MR) is 76.9 cm³/mol. The van der Waals surface area contributed by atoms with Crippen molar-refractivity contribution in [3.05, 3.63) is 24.2 Å². The third kappa shape index (κ3) is 2.58. The third-order valence-electron chi connectivity index (χ3n) is 4.33. The molecule has 2 aliphatic heterocycles. The number of amides is 3. The molecule has 2 saturated heterocycles. The van der Waals surface area contributed by atoms with E-state index in [1.165, 1.54) is 6.26 Å². The molecule has 0 aromatic carbocycles. The van der Waals surface area contributed by atoms with Crippen molar-refractivity contribution in [3.8, 4) is 0 Å². The summed E-state index contributed by atoms with van der Waals surface area (Å²) in [5.74, 6) is 0.0665. The summed E-state index contributed by atoms with van der Waals surface area (Å²) in [6, 6.07) is 3.31. The smallest absolute Gasteiger partial charge is 0.289 e. The predicted octanol–water partition coefficient (Wildman–Crippen LogP) is 0.0902. The van der Waals surface area contributed by atoms with E-state index in [-0.39, 0.29) is 24.1 Å². The second-order valence-electron chi connectivity index (χ2n) is 6.08. The van der Waals surface area contributed by atoms with E-state index in [4.69, 9.17) is 4.42 Å². The van der Waals surface area contributed by atoms with Crippen LogP contribution in [0.2, 0.25) is 0 Å². The molecule has 2 fully saturated rings.